The molecule has 0 heterocycles. The van der Waals surface area contributed by atoms with E-state index in [0.29, 0.717) is 0 Å². The van der Waals surface area contributed by atoms with Crippen LogP contribution in [0.3, 0.4) is 0 Å². The molecule has 2 N–H and O–H groups in total. The minimum absolute atomic E-state index is 0.222. The zero-order valence-electron chi connectivity index (χ0n) is 8.86. The molecule has 0 saturated carbocycles. The van der Waals surface area contributed by atoms with E-state index in [1.165, 1.54) is 0 Å². The van der Waals surface area contributed by atoms with E-state index in [2.05, 4.69) is 41.5 Å². The van der Waals surface area contributed by atoms with Crippen molar-refractivity contribution in [3.05, 3.63) is 0 Å². The summed E-state index contributed by atoms with van der Waals surface area (Å²) < 4.78 is 0. The second-order valence-corrected chi connectivity index (χ2v) is 5.19. The van der Waals surface area contributed by atoms with Crippen LogP contribution in [0.5, 0.6) is 0 Å². The van der Waals surface area contributed by atoms with E-state index in [4.69, 9.17) is 5.73 Å². The average Bonchev–Trinajstić information content (AvgIpc) is 1.84. The number of nitrogens with two attached hydrogens (primary N) is 1. The Labute approximate surface area is 71.4 Å². The van der Waals surface area contributed by atoms with Gasteiger partial charge in [0.2, 0.25) is 0 Å². The van der Waals surface area contributed by atoms with Crippen molar-refractivity contribution in [3.8, 4) is 0 Å². The molecule has 1 nitrogen and oxygen atoms in total. The van der Waals surface area contributed by atoms with Gasteiger partial charge in [0, 0.05) is 6.04 Å². The summed E-state index contributed by atoms with van der Waals surface area (Å²) >= 11 is 0. The zero-order valence-corrected chi connectivity index (χ0v) is 8.86. The van der Waals surface area contributed by atoms with Crippen molar-refractivity contribution in [2.75, 3.05) is 0 Å². The van der Waals surface area contributed by atoms with Gasteiger partial charge in [-0.3, -0.25) is 0 Å². The molecular formula is C10H23N. The van der Waals surface area contributed by atoms with E-state index >= 15 is 0 Å². The maximum Gasteiger partial charge on any atom is 0.0139 e. The van der Waals surface area contributed by atoms with E-state index in [1.807, 2.05) is 0 Å². The highest BCUT2D eigenvalue weighted by atomic mass is 14.7. The number of hydrogen-bond donors (Lipinski definition) is 1. The van der Waals surface area contributed by atoms with Crippen LogP contribution < -0.4 is 5.73 Å². The van der Waals surface area contributed by atoms with Gasteiger partial charge in [-0.15, -0.1) is 0 Å². The molecule has 0 aromatic carbocycles. The Morgan fingerprint density at radius 2 is 1.45 bits per heavy atom. The summed E-state index contributed by atoms with van der Waals surface area (Å²) in [6.07, 6.45) is 1.14. The van der Waals surface area contributed by atoms with Crippen molar-refractivity contribution in [3.63, 3.8) is 0 Å². The molecule has 11 heavy (non-hydrogen) atoms. The highest BCUT2D eigenvalue weighted by Crippen LogP contribution is 2.34. The summed E-state index contributed by atoms with van der Waals surface area (Å²) in [5, 5.41) is 0. The van der Waals surface area contributed by atoms with Crippen LogP contribution in [-0.2, 0) is 0 Å². The summed E-state index contributed by atoms with van der Waals surface area (Å²) in [5.41, 5.74) is 6.62. The van der Waals surface area contributed by atoms with Gasteiger partial charge >= 0.3 is 0 Å². The van der Waals surface area contributed by atoms with Gasteiger partial charge in [0.25, 0.3) is 0 Å². The molecule has 1 unspecified atom stereocenters. The molecule has 0 bridgehead atoms. The van der Waals surface area contributed by atoms with Crippen LogP contribution >= 0.6 is 0 Å². The first-order chi connectivity index (χ1) is 4.72. The van der Waals surface area contributed by atoms with Crippen LogP contribution in [0.2, 0.25) is 0 Å². The normalized spacial score (nSPS) is 16.6. The maximum atomic E-state index is 6.14. The summed E-state index contributed by atoms with van der Waals surface area (Å²) in [5.74, 6) is 0. The lowest BCUT2D eigenvalue weighted by Crippen LogP contribution is -2.46. The van der Waals surface area contributed by atoms with Gasteiger partial charge in [0.1, 0.15) is 0 Å². The predicted molar refractivity (Wildman–Crippen MR) is 51.5 cm³/mol. The highest BCUT2D eigenvalue weighted by molar-refractivity contribution is 4.88. The van der Waals surface area contributed by atoms with Crippen LogP contribution in [0.1, 0.15) is 48.0 Å². The topological polar surface area (TPSA) is 26.0 Å². The Balaban J connectivity index is 4.35. The van der Waals surface area contributed by atoms with Gasteiger partial charge in [0.15, 0.2) is 0 Å². The van der Waals surface area contributed by atoms with Crippen LogP contribution in [-0.4, -0.2) is 6.04 Å². The predicted octanol–water partition coefficient (Wildman–Crippen LogP) is 2.80. The monoisotopic (exact) mass is 157 g/mol. The van der Waals surface area contributed by atoms with Crippen molar-refractivity contribution < 1.29 is 0 Å². The van der Waals surface area contributed by atoms with Crippen molar-refractivity contribution in [2.45, 2.75) is 54.0 Å². The molecule has 0 amide bonds. The Morgan fingerprint density at radius 1 is 1.09 bits per heavy atom. The molecule has 0 saturated heterocycles. The smallest absolute Gasteiger partial charge is 0.0139 e. The van der Waals surface area contributed by atoms with E-state index in [9.17, 15) is 0 Å². The summed E-state index contributed by atoms with van der Waals surface area (Å²) in [4.78, 5) is 0. The molecule has 0 aliphatic rings. The van der Waals surface area contributed by atoms with Crippen LogP contribution in [0, 0.1) is 10.8 Å². The van der Waals surface area contributed by atoms with Crippen molar-refractivity contribution >= 4 is 0 Å². The first kappa shape index (κ1) is 11.0. The molecule has 0 aliphatic heterocycles. The number of rotatable bonds is 2. The Bertz CT molecular complexity index is 119. The molecule has 0 aromatic heterocycles. The molecule has 0 fully saturated rings. The second-order valence-electron chi connectivity index (χ2n) is 5.19. The van der Waals surface area contributed by atoms with Gasteiger partial charge in [0.05, 0.1) is 0 Å². The van der Waals surface area contributed by atoms with Crippen molar-refractivity contribution in [1.82, 2.24) is 0 Å². The fourth-order valence-electron chi connectivity index (χ4n) is 1.39. The fourth-order valence-corrected chi connectivity index (χ4v) is 1.39. The molecule has 0 aliphatic carbocycles. The van der Waals surface area contributed by atoms with Crippen LogP contribution in [0.25, 0.3) is 0 Å². The summed E-state index contributed by atoms with van der Waals surface area (Å²) in [6, 6.07) is 0.278. The van der Waals surface area contributed by atoms with Gasteiger partial charge in [-0.25, -0.2) is 0 Å². The highest BCUT2D eigenvalue weighted by Gasteiger charge is 2.33. The van der Waals surface area contributed by atoms with Gasteiger partial charge < -0.3 is 5.73 Å². The quantitative estimate of drug-likeness (QED) is 0.655. The Kier molecular flexibility index (Phi) is 3.13. The lowest BCUT2D eigenvalue weighted by Gasteiger charge is -2.39. The average molecular weight is 157 g/mol. The third kappa shape index (κ3) is 2.82. The minimum Gasteiger partial charge on any atom is -0.327 e. The molecule has 0 spiro atoms. The Morgan fingerprint density at radius 3 is 1.55 bits per heavy atom. The van der Waals surface area contributed by atoms with Crippen molar-refractivity contribution in [1.29, 1.82) is 0 Å². The maximum absolute atomic E-state index is 6.14. The lowest BCUT2D eigenvalue weighted by atomic mass is 9.70. The van der Waals surface area contributed by atoms with E-state index in [0.717, 1.165) is 6.42 Å². The second kappa shape index (κ2) is 3.14. The molecule has 1 heteroatoms. The zero-order chi connectivity index (χ0) is 9.28. The molecule has 0 rings (SSSR count). The fraction of sp³-hybridized carbons (Fsp3) is 1.00. The summed E-state index contributed by atoms with van der Waals surface area (Å²) in [7, 11) is 0. The minimum atomic E-state index is 0.222. The van der Waals surface area contributed by atoms with Gasteiger partial charge in [-0.2, -0.15) is 0 Å². The van der Waals surface area contributed by atoms with Gasteiger partial charge in [-0.05, 0) is 17.3 Å². The van der Waals surface area contributed by atoms with Crippen LogP contribution in [0.15, 0.2) is 0 Å². The standard InChI is InChI=1S/C10H23N/c1-7-10(5,6)8(11)9(2,3)4/h8H,7,11H2,1-6H3. The molecule has 68 valence electrons. The lowest BCUT2D eigenvalue weighted by molar-refractivity contribution is 0.156. The number of hydrogen-bond acceptors (Lipinski definition) is 1. The third-order valence-electron chi connectivity index (χ3n) is 2.69. The molecule has 0 radical (unpaired) electrons. The molecular weight excluding hydrogens is 134 g/mol. The molecule has 0 aromatic rings. The molecule has 1 atom stereocenters. The summed E-state index contributed by atoms with van der Waals surface area (Å²) in [6.45, 7) is 13.3. The van der Waals surface area contributed by atoms with E-state index in [1.54, 1.807) is 0 Å². The van der Waals surface area contributed by atoms with E-state index < -0.39 is 0 Å². The SMILES string of the molecule is CCC(C)(C)C(N)C(C)(C)C. The van der Waals surface area contributed by atoms with Crippen LogP contribution in [0.4, 0.5) is 0 Å². The third-order valence-corrected chi connectivity index (χ3v) is 2.69. The van der Waals surface area contributed by atoms with Crippen molar-refractivity contribution in [2.24, 2.45) is 16.6 Å². The first-order valence-corrected chi connectivity index (χ1v) is 4.47. The first-order valence-electron chi connectivity index (χ1n) is 4.47. The largest absolute Gasteiger partial charge is 0.327 e. The Hall–Kier alpha value is -0.0400. The van der Waals surface area contributed by atoms with Gasteiger partial charge in [-0.1, -0.05) is 41.5 Å². The van der Waals surface area contributed by atoms with E-state index in [-0.39, 0.29) is 16.9 Å².